The SMILES string of the molecule is COc1ccccc1NC(=O)CN1C(=O)S/C(=C/c2ccc(OCc3cccc4ccccc34)c(OC)c2)C1=O. The van der Waals surface area contributed by atoms with E-state index in [1.54, 1.807) is 48.5 Å². The standard InChI is InChI=1S/C31H26N2O6S/c1-37-25-13-6-5-12-24(25)32-29(34)18-33-30(35)28(40-31(33)36)17-20-14-15-26(27(16-20)38-2)39-19-22-10-7-9-21-8-3-4-11-23(21)22/h3-17H,18-19H2,1-2H3,(H,32,34)/b28-17+. The van der Waals surface area contributed by atoms with E-state index in [4.69, 9.17) is 14.2 Å². The largest absolute Gasteiger partial charge is 0.495 e. The van der Waals surface area contributed by atoms with Gasteiger partial charge in [-0.3, -0.25) is 19.3 Å². The van der Waals surface area contributed by atoms with Gasteiger partial charge in [-0.2, -0.15) is 0 Å². The van der Waals surface area contributed by atoms with Crippen molar-refractivity contribution in [2.24, 2.45) is 0 Å². The van der Waals surface area contributed by atoms with Crippen molar-refractivity contribution in [3.63, 3.8) is 0 Å². The molecule has 0 saturated carbocycles. The van der Waals surface area contributed by atoms with Crippen LogP contribution >= 0.6 is 11.8 Å². The molecule has 0 bridgehead atoms. The zero-order valence-electron chi connectivity index (χ0n) is 21.9. The molecule has 8 nitrogen and oxygen atoms in total. The van der Waals surface area contributed by atoms with Crippen molar-refractivity contribution in [2.45, 2.75) is 6.61 Å². The predicted octanol–water partition coefficient (Wildman–Crippen LogP) is 6.11. The van der Waals surface area contributed by atoms with Gasteiger partial charge in [0.15, 0.2) is 11.5 Å². The third kappa shape index (κ3) is 5.79. The van der Waals surface area contributed by atoms with Gasteiger partial charge in [0, 0.05) is 0 Å². The predicted molar refractivity (Wildman–Crippen MR) is 156 cm³/mol. The second kappa shape index (κ2) is 12.0. The molecule has 4 aromatic carbocycles. The number of fused-ring (bicyclic) bond motifs is 1. The fourth-order valence-electron chi connectivity index (χ4n) is 4.34. The van der Waals surface area contributed by atoms with Gasteiger partial charge in [0.05, 0.1) is 24.8 Å². The van der Waals surface area contributed by atoms with E-state index < -0.39 is 23.6 Å². The molecule has 0 unspecified atom stereocenters. The highest BCUT2D eigenvalue weighted by molar-refractivity contribution is 8.18. The van der Waals surface area contributed by atoms with E-state index >= 15 is 0 Å². The van der Waals surface area contributed by atoms with Crippen molar-refractivity contribution >= 4 is 51.4 Å². The Labute approximate surface area is 235 Å². The van der Waals surface area contributed by atoms with Crippen LogP contribution < -0.4 is 19.5 Å². The van der Waals surface area contributed by atoms with Crippen molar-refractivity contribution in [1.82, 2.24) is 4.90 Å². The van der Waals surface area contributed by atoms with E-state index in [-0.39, 0.29) is 4.91 Å². The Bertz CT molecular complexity index is 1630. The van der Waals surface area contributed by atoms with Crippen LogP contribution in [0, 0.1) is 0 Å². The Morgan fingerprint density at radius 3 is 2.45 bits per heavy atom. The number of para-hydroxylation sites is 2. The van der Waals surface area contributed by atoms with Crippen LogP contribution in [0.25, 0.3) is 16.8 Å². The van der Waals surface area contributed by atoms with E-state index in [2.05, 4.69) is 23.5 Å². The molecule has 9 heteroatoms. The normalized spacial score (nSPS) is 14.1. The summed E-state index contributed by atoms with van der Waals surface area (Å²) in [5.41, 5.74) is 2.15. The van der Waals surface area contributed by atoms with E-state index in [1.807, 2.05) is 24.3 Å². The number of anilines is 1. The van der Waals surface area contributed by atoms with Gasteiger partial charge in [-0.1, -0.05) is 60.7 Å². The lowest BCUT2D eigenvalue weighted by Gasteiger charge is -2.14. The minimum absolute atomic E-state index is 0.210. The highest BCUT2D eigenvalue weighted by Crippen LogP contribution is 2.35. The molecule has 0 spiro atoms. The number of carbonyl (C=O) groups excluding carboxylic acids is 3. The summed E-state index contributed by atoms with van der Waals surface area (Å²) in [6, 6.07) is 26.4. The summed E-state index contributed by atoms with van der Waals surface area (Å²) in [7, 11) is 3.03. The monoisotopic (exact) mass is 554 g/mol. The van der Waals surface area contributed by atoms with Crippen molar-refractivity contribution in [3.05, 3.63) is 101 Å². The first-order chi connectivity index (χ1) is 19.5. The molecule has 1 saturated heterocycles. The maximum atomic E-state index is 13.0. The minimum Gasteiger partial charge on any atom is -0.495 e. The number of nitrogens with one attached hydrogen (secondary N) is 1. The lowest BCUT2D eigenvalue weighted by Crippen LogP contribution is -2.36. The molecule has 1 fully saturated rings. The first-order valence-corrected chi connectivity index (χ1v) is 13.2. The summed E-state index contributed by atoms with van der Waals surface area (Å²) in [6.45, 7) is -0.0583. The van der Waals surface area contributed by atoms with Crippen LogP contribution in [0.5, 0.6) is 17.2 Å². The number of nitrogens with zero attached hydrogens (tertiary/aromatic N) is 1. The van der Waals surface area contributed by atoms with Crippen molar-refractivity contribution in [2.75, 3.05) is 26.1 Å². The number of ether oxygens (including phenoxy) is 3. The molecular formula is C31H26N2O6S. The Morgan fingerprint density at radius 2 is 1.62 bits per heavy atom. The smallest absolute Gasteiger partial charge is 0.294 e. The number of rotatable bonds is 9. The molecule has 0 aliphatic carbocycles. The maximum absolute atomic E-state index is 13.0. The van der Waals surface area contributed by atoms with Crippen LogP contribution in [-0.2, 0) is 16.2 Å². The molecule has 0 aromatic heterocycles. The zero-order valence-corrected chi connectivity index (χ0v) is 22.7. The summed E-state index contributed by atoms with van der Waals surface area (Å²) in [5.74, 6) is 0.462. The minimum atomic E-state index is -0.541. The summed E-state index contributed by atoms with van der Waals surface area (Å²) in [6.07, 6.45) is 1.60. The molecule has 1 aliphatic heterocycles. The molecule has 5 rings (SSSR count). The number of methoxy groups -OCH3 is 2. The summed E-state index contributed by atoms with van der Waals surface area (Å²) in [5, 5.41) is 4.41. The molecule has 1 heterocycles. The Balaban J connectivity index is 1.27. The van der Waals surface area contributed by atoms with Gasteiger partial charge in [0.2, 0.25) is 5.91 Å². The number of hydrogen-bond acceptors (Lipinski definition) is 7. The third-order valence-electron chi connectivity index (χ3n) is 6.30. The number of amides is 3. The second-order valence-corrected chi connectivity index (χ2v) is 9.85. The number of carbonyl (C=O) groups is 3. The summed E-state index contributed by atoms with van der Waals surface area (Å²) < 4.78 is 16.8. The first-order valence-electron chi connectivity index (χ1n) is 12.4. The fourth-order valence-corrected chi connectivity index (χ4v) is 5.17. The van der Waals surface area contributed by atoms with Crippen molar-refractivity contribution in [3.8, 4) is 17.2 Å². The number of hydrogen-bond donors (Lipinski definition) is 1. The number of imide groups is 1. The van der Waals surface area contributed by atoms with Crippen molar-refractivity contribution in [1.29, 1.82) is 0 Å². The van der Waals surface area contributed by atoms with Gasteiger partial charge < -0.3 is 19.5 Å². The molecule has 40 heavy (non-hydrogen) atoms. The average molecular weight is 555 g/mol. The summed E-state index contributed by atoms with van der Waals surface area (Å²) >= 11 is 0.781. The highest BCUT2D eigenvalue weighted by atomic mass is 32.2. The van der Waals surface area contributed by atoms with Gasteiger partial charge in [-0.15, -0.1) is 0 Å². The van der Waals surface area contributed by atoms with Crippen LogP contribution in [0.15, 0.2) is 89.8 Å². The van der Waals surface area contributed by atoms with Crippen LogP contribution in [0.2, 0.25) is 0 Å². The van der Waals surface area contributed by atoms with Crippen LogP contribution in [0.3, 0.4) is 0 Å². The lowest BCUT2D eigenvalue weighted by atomic mass is 10.1. The third-order valence-corrected chi connectivity index (χ3v) is 7.21. The van der Waals surface area contributed by atoms with E-state index in [0.29, 0.717) is 35.1 Å². The van der Waals surface area contributed by atoms with Crippen LogP contribution in [0.1, 0.15) is 11.1 Å². The number of benzene rings is 4. The van der Waals surface area contributed by atoms with E-state index in [1.165, 1.54) is 14.2 Å². The Kier molecular flexibility index (Phi) is 8.02. The van der Waals surface area contributed by atoms with Gasteiger partial charge in [-0.25, -0.2) is 0 Å². The molecule has 1 aliphatic rings. The molecule has 0 atom stereocenters. The summed E-state index contributed by atoms with van der Waals surface area (Å²) in [4.78, 5) is 39.2. The van der Waals surface area contributed by atoms with Gasteiger partial charge in [0.25, 0.3) is 11.1 Å². The fraction of sp³-hybridized carbons (Fsp3) is 0.129. The second-order valence-electron chi connectivity index (χ2n) is 8.85. The van der Waals surface area contributed by atoms with Gasteiger partial charge in [0.1, 0.15) is 18.9 Å². The quantitative estimate of drug-likeness (QED) is 0.250. The Hall–Kier alpha value is -4.76. The van der Waals surface area contributed by atoms with E-state index in [9.17, 15) is 14.4 Å². The first kappa shape index (κ1) is 26.8. The lowest BCUT2D eigenvalue weighted by molar-refractivity contribution is -0.127. The van der Waals surface area contributed by atoms with E-state index in [0.717, 1.165) is 33.0 Å². The maximum Gasteiger partial charge on any atom is 0.294 e. The highest BCUT2D eigenvalue weighted by Gasteiger charge is 2.36. The Morgan fingerprint density at radius 1 is 0.875 bits per heavy atom. The van der Waals surface area contributed by atoms with Crippen molar-refractivity contribution < 1.29 is 28.6 Å². The van der Waals surface area contributed by atoms with Crippen LogP contribution in [0.4, 0.5) is 10.5 Å². The molecular weight excluding hydrogens is 528 g/mol. The molecule has 0 radical (unpaired) electrons. The van der Waals surface area contributed by atoms with Crippen LogP contribution in [-0.4, -0.2) is 42.7 Å². The average Bonchev–Trinajstić information content (AvgIpc) is 3.23. The van der Waals surface area contributed by atoms with Gasteiger partial charge >= 0.3 is 0 Å². The molecule has 4 aromatic rings. The topological polar surface area (TPSA) is 94.2 Å². The van der Waals surface area contributed by atoms with Gasteiger partial charge in [-0.05, 0) is 64.0 Å². The number of thioether (sulfide) groups is 1. The zero-order chi connectivity index (χ0) is 28.1. The molecule has 1 N–H and O–H groups in total. The molecule has 3 amide bonds. The molecule has 202 valence electrons.